The van der Waals surface area contributed by atoms with Crippen LogP contribution in [0.1, 0.15) is 18.4 Å². The second-order valence-electron chi connectivity index (χ2n) is 5.41. The number of rotatable bonds is 2. The standard InChI is InChI=1S/C13H17FN2O3S/c1-8-12(14)4-9(15)5-13(8)20(17,18)16-6-10-2-3-11(7-16)19-10/h4-5,10-11H,2-3,6-7,15H2,1H3. The van der Waals surface area contributed by atoms with Crippen LogP contribution < -0.4 is 5.73 Å². The van der Waals surface area contributed by atoms with Crippen molar-refractivity contribution >= 4 is 15.7 Å². The maximum Gasteiger partial charge on any atom is 0.243 e. The smallest absolute Gasteiger partial charge is 0.243 e. The SMILES string of the molecule is Cc1c(F)cc(N)cc1S(=O)(=O)N1CC2CCC(C1)O2. The molecule has 0 aliphatic carbocycles. The number of nitrogen functional groups attached to an aromatic ring is 1. The molecular formula is C13H17FN2O3S. The summed E-state index contributed by atoms with van der Waals surface area (Å²) in [5.41, 5.74) is 5.80. The summed E-state index contributed by atoms with van der Waals surface area (Å²) in [5.74, 6) is -0.597. The number of anilines is 1. The minimum atomic E-state index is -3.73. The molecule has 2 aliphatic rings. The van der Waals surface area contributed by atoms with E-state index in [4.69, 9.17) is 10.5 Å². The fourth-order valence-electron chi connectivity index (χ4n) is 2.85. The second kappa shape index (κ2) is 4.68. The lowest BCUT2D eigenvalue weighted by atomic mass is 10.2. The third-order valence-electron chi connectivity index (χ3n) is 3.95. The van der Waals surface area contributed by atoms with Gasteiger partial charge in [-0.25, -0.2) is 12.8 Å². The number of morpholine rings is 1. The molecule has 2 atom stereocenters. The number of fused-ring (bicyclic) bond motifs is 2. The van der Waals surface area contributed by atoms with E-state index in [9.17, 15) is 12.8 Å². The van der Waals surface area contributed by atoms with Gasteiger partial charge in [0.2, 0.25) is 10.0 Å². The second-order valence-corrected chi connectivity index (χ2v) is 7.31. The van der Waals surface area contributed by atoms with E-state index in [1.807, 2.05) is 0 Å². The number of hydrogen-bond donors (Lipinski definition) is 1. The Hall–Kier alpha value is -1.18. The third-order valence-corrected chi connectivity index (χ3v) is 5.90. The normalized spacial score (nSPS) is 26.9. The summed E-state index contributed by atoms with van der Waals surface area (Å²) in [5, 5.41) is 0. The molecule has 0 radical (unpaired) electrons. The van der Waals surface area contributed by atoms with Crippen molar-refractivity contribution in [3.05, 3.63) is 23.5 Å². The highest BCUT2D eigenvalue weighted by Gasteiger charge is 2.40. The van der Waals surface area contributed by atoms with Gasteiger partial charge in [0.1, 0.15) is 5.82 Å². The fraction of sp³-hybridized carbons (Fsp3) is 0.538. The molecule has 2 unspecified atom stereocenters. The lowest BCUT2D eigenvalue weighted by molar-refractivity contribution is -0.0114. The average molecular weight is 300 g/mol. The number of hydrogen-bond acceptors (Lipinski definition) is 4. The van der Waals surface area contributed by atoms with Gasteiger partial charge in [0.15, 0.2) is 0 Å². The first kappa shape index (κ1) is 13.8. The van der Waals surface area contributed by atoms with Crippen molar-refractivity contribution in [1.29, 1.82) is 0 Å². The average Bonchev–Trinajstić information content (AvgIpc) is 2.72. The van der Waals surface area contributed by atoms with Crippen LogP contribution in [0.3, 0.4) is 0 Å². The summed E-state index contributed by atoms with van der Waals surface area (Å²) in [7, 11) is -3.73. The largest absolute Gasteiger partial charge is 0.399 e. The van der Waals surface area contributed by atoms with E-state index in [0.29, 0.717) is 13.1 Å². The molecule has 2 bridgehead atoms. The van der Waals surface area contributed by atoms with Gasteiger partial charge in [-0.05, 0) is 31.9 Å². The summed E-state index contributed by atoms with van der Waals surface area (Å²) in [6.45, 7) is 2.11. The molecule has 20 heavy (non-hydrogen) atoms. The highest BCUT2D eigenvalue weighted by molar-refractivity contribution is 7.89. The van der Waals surface area contributed by atoms with E-state index < -0.39 is 15.8 Å². The Labute approximate surface area is 117 Å². The van der Waals surface area contributed by atoms with Crippen LogP contribution >= 0.6 is 0 Å². The lowest BCUT2D eigenvalue weighted by Gasteiger charge is -2.31. The Morgan fingerprint density at radius 1 is 1.30 bits per heavy atom. The molecule has 7 heteroatoms. The maximum atomic E-state index is 13.7. The van der Waals surface area contributed by atoms with Crippen molar-refractivity contribution in [2.75, 3.05) is 18.8 Å². The van der Waals surface area contributed by atoms with Crippen LogP contribution in [0.25, 0.3) is 0 Å². The summed E-state index contributed by atoms with van der Waals surface area (Å²) in [6, 6.07) is 2.46. The predicted octanol–water partition coefficient (Wildman–Crippen LogP) is 1.27. The van der Waals surface area contributed by atoms with E-state index in [1.165, 1.54) is 17.3 Å². The summed E-state index contributed by atoms with van der Waals surface area (Å²) in [4.78, 5) is -0.0451. The van der Waals surface area contributed by atoms with E-state index in [0.717, 1.165) is 18.9 Å². The summed E-state index contributed by atoms with van der Waals surface area (Å²) < 4.78 is 46.1. The van der Waals surface area contributed by atoms with Gasteiger partial charge in [0.05, 0.1) is 17.1 Å². The molecule has 0 saturated carbocycles. The predicted molar refractivity (Wildman–Crippen MR) is 72.2 cm³/mol. The van der Waals surface area contributed by atoms with Gasteiger partial charge in [0.25, 0.3) is 0 Å². The van der Waals surface area contributed by atoms with Crippen molar-refractivity contribution < 1.29 is 17.5 Å². The molecule has 0 amide bonds. The molecule has 0 aromatic heterocycles. The zero-order valence-electron chi connectivity index (χ0n) is 11.2. The van der Waals surface area contributed by atoms with Gasteiger partial charge in [-0.1, -0.05) is 0 Å². The highest BCUT2D eigenvalue weighted by atomic mass is 32.2. The molecule has 2 fully saturated rings. The van der Waals surface area contributed by atoms with E-state index in [2.05, 4.69) is 0 Å². The first-order chi connectivity index (χ1) is 9.38. The van der Waals surface area contributed by atoms with Crippen LogP contribution in [-0.4, -0.2) is 38.0 Å². The molecule has 5 nitrogen and oxygen atoms in total. The Morgan fingerprint density at radius 2 is 1.90 bits per heavy atom. The van der Waals surface area contributed by atoms with Crippen molar-refractivity contribution in [2.45, 2.75) is 36.9 Å². The number of nitrogens with two attached hydrogens (primary N) is 1. The van der Waals surface area contributed by atoms with Gasteiger partial charge in [-0.2, -0.15) is 4.31 Å². The minimum Gasteiger partial charge on any atom is -0.399 e. The molecule has 2 N–H and O–H groups in total. The van der Waals surface area contributed by atoms with Crippen LogP contribution in [0.4, 0.5) is 10.1 Å². The number of halogens is 1. The zero-order chi connectivity index (χ0) is 14.5. The molecule has 1 aromatic carbocycles. The molecule has 3 rings (SSSR count). The first-order valence-electron chi connectivity index (χ1n) is 6.59. The number of benzene rings is 1. The Bertz CT molecular complexity index is 635. The number of ether oxygens (including phenoxy) is 1. The molecule has 2 heterocycles. The third kappa shape index (κ3) is 2.19. The monoisotopic (exact) mass is 300 g/mol. The van der Waals surface area contributed by atoms with Crippen LogP contribution in [0.2, 0.25) is 0 Å². The molecule has 110 valence electrons. The van der Waals surface area contributed by atoms with Gasteiger partial charge in [0, 0.05) is 24.3 Å². The number of nitrogens with zero attached hydrogens (tertiary/aromatic N) is 1. The van der Waals surface area contributed by atoms with Crippen LogP contribution in [0, 0.1) is 12.7 Å². The quantitative estimate of drug-likeness (QED) is 0.835. The molecular weight excluding hydrogens is 283 g/mol. The van der Waals surface area contributed by atoms with Crippen molar-refractivity contribution in [1.82, 2.24) is 4.31 Å². The van der Waals surface area contributed by atoms with Gasteiger partial charge in [-0.3, -0.25) is 0 Å². The maximum absolute atomic E-state index is 13.7. The van der Waals surface area contributed by atoms with Crippen molar-refractivity contribution in [2.24, 2.45) is 0 Å². The summed E-state index contributed by atoms with van der Waals surface area (Å²) in [6.07, 6.45) is 1.66. The fourth-order valence-corrected chi connectivity index (χ4v) is 4.63. The van der Waals surface area contributed by atoms with Gasteiger partial charge >= 0.3 is 0 Å². The topological polar surface area (TPSA) is 72.6 Å². The van der Waals surface area contributed by atoms with Crippen LogP contribution in [-0.2, 0) is 14.8 Å². The van der Waals surface area contributed by atoms with E-state index in [1.54, 1.807) is 0 Å². The molecule has 2 saturated heterocycles. The highest BCUT2D eigenvalue weighted by Crippen LogP contribution is 2.31. The Balaban J connectivity index is 2.00. The Kier molecular flexibility index (Phi) is 3.23. The lowest BCUT2D eigenvalue weighted by Crippen LogP contribution is -2.45. The van der Waals surface area contributed by atoms with Gasteiger partial charge in [-0.15, -0.1) is 0 Å². The molecule has 0 spiro atoms. The van der Waals surface area contributed by atoms with E-state index >= 15 is 0 Å². The first-order valence-corrected chi connectivity index (χ1v) is 8.03. The summed E-state index contributed by atoms with van der Waals surface area (Å²) >= 11 is 0. The Morgan fingerprint density at radius 3 is 2.50 bits per heavy atom. The number of sulfonamides is 1. The van der Waals surface area contributed by atoms with Crippen molar-refractivity contribution in [3.63, 3.8) is 0 Å². The zero-order valence-corrected chi connectivity index (χ0v) is 12.0. The van der Waals surface area contributed by atoms with Crippen molar-refractivity contribution in [3.8, 4) is 0 Å². The molecule has 1 aromatic rings. The minimum absolute atomic E-state index is 0.0451. The van der Waals surface area contributed by atoms with Crippen LogP contribution in [0.5, 0.6) is 0 Å². The van der Waals surface area contributed by atoms with Crippen LogP contribution in [0.15, 0.2) is 17.0 Å². The van der Waals surface area contributed by atoms with Gasteiger partial charge < -0.3 is 10.5 Å². The molecule has 2 aliphatic heterocycles. The van der Waals surface area contributed by atoms with E-state index in [-0.39, 0.29) is 28.4 Å².